The molecule has 2 nitrogen and oxygen atoms in total. The summed E-state index contributed by atoms with van der Waals surface area (Å²) in [5.41, 5.74) is 7.98. The van der Waals surface area contributed by atoms with E-state index in [2.05, 4.69) is 68.8 Å². The van der Waals surface area contributed by atoms with Gasteiger partial charge in [-0.25, -0.2) is 0 Å². The lowest BCUT2D eigenvalue weighted by Crippen LogP contribution is -2.03. The molecular weight excluding hydrogens is 232 g/mol. The van der Waals surface area contributed by atoms with Crippen LogP contribution in [0, 0.1) is 27.7 Å². The van der Waals surface area contributed by atoms with Crippen LogP contribution in [0.25, 0.3) is 0 Å². The fourth-order valence-electron chi connectivity index (χ4n) is 2.59. The Balaban J connectivity index is 2.12. The Kier molecular flexibility index (Phi) is 3.98. The molecule has 0 spiro atoms. The molecule has 0 aliphatic heterocycles. The van der Waals surface area contributed by atoms with Crippen LogP contribution >= 0.6 is 0 Å². The molecule has 1 N–H and O–H groups in total. The van der Waals surface area contributed by atoms with E-state index in [1.54, 1.807) is 0 Å². The molecule has 1 heterocycles. The van der Waals surface area contributed by atoms with E-state index in [-0.39, 0.29) is 0 Å². The molecule has 2 rings (SSSR count). The number of hydrogen-bond acceptors (Lipinski definition) is 1. The van der Waals surface area contributed by atoms with Gasteiger partial charge < -0.3 is 9.88 Å². The number of nitrogens with one attached hydrogen (secondary N) is 1. The Labute approximate surface area is 116 Å². The van der Waals surface area contributed by atoms with Gasteiger partial charge in [0.05, 0.1) is 0 Å². The predicted octanol–water partition coefficient (Wildman–Crippen LogP) is 4.35. The third kappa shape index (κ3) is 2.83. The van der Waals surface area contributed by atoms with Crippen molar-refractivity contribution in [3.8, 4) is 0 Å². The fourth-order valence-corrected chi connectivity index (χ4v) is 2.59. The second-order valence-electron chi connectivity index (χ2n) is 5.29. The molecule has 0 saturated carbocycles. The summed E-state index contributed by atoms with van der Waals surface area (Å²) in [6, 6.07) is 8.83. The van der Waals surface area contributed by atoms with Crippen molar-refractivity contribution in [2.24, 2.45) is 0 Å². The Bertz CT molecular complexity index is 579. The van der Waals surface area contributed by atoms with Gasteiger partial charge in [0.2, 0.25) is 0 Å². The van der Waals surface area contributed by atoms with Crippen molar-refractivity contribution >= 4 is 5.69 Å². The van der Waals surface area contributed by atoms with Crippen molar-refractivity contribution in [1.82, 2.24) is 4.57 Å². The smallest absolute Gasteiger partial charge is 0.0418 e. The lowest BCUT2D eigenvalue weighted by Gasteiger charge is -2.09. The van der Waals surface area contributed by atoms with E-state index in [4.69, 9.17) is 0 Å². The number of hydrogen-bond donors (Lipinski definition) is 1. The van der Waals surface area contributed by atoms with Gasteiger partial charge in [-0.15, -0.1) is 0 Å². The van der Waals surface area contributed by atoms with Crippen molar-refractivity contribution in [1.29, 1.82) is 0 Å². The fraction of sp³-hybridized carbons (Fsp3) is 0.412. The van der Waals surface area contributed by atoms with Gasteiger partial charge in [0.1, 0.15) is 0 Å². The van der Waals surface area contributed by atoms with E-state index >= 15 is 0 Å². The lowest BCUT2D eigenvalue weighted by atomic mass is 10.1. The molecule has 102 valence electrons. The van der Waals surface area contributed by atoms with E-state index in [0.29, 0.717) is 0 Å². The van der Waals surface area contributed by atoms with Crippen molar-refractivity contribution in [3.63, 3.8) is 0 Å². The maximum Gasteiger partial charge on any atom is 0.0418 e. The molecule has 0 fully saturated rings. The maximum absolute atomic E-state index is 3.52. The van der Waals surface area contributed by atoms with Gasteiger partial charge in [0.25, 0.3) is 0 Å². The van der Waals surface area contributed by atoms with Crippen LogP contribution in [0.2, 0.25) is 0 Å². The van der Waals surface area contributed by atoms with Crippen molar-refractivity contribution in [3.05, 3.63) is 52.3 Å². The molecule has 0 radical (unpaired) electrons. The van der Waals surface area contributed by atoms with E-state index in [1.165, 1.54) is 33.8 Å². The minimum absolute atomic E-state index is 0.891. The maximum atomic E-state index is 3.52. The van der Waals surface area contributed by atoms with Gasteiger partial charge in [-0.1, -0.05) is 6.07 Å². The number of nitrogens with zero attached hydrogens (tertiary/aromatic N) is 1. The molecule has 0 unspecified atom stereocenters. The zero-order valence-corrected chi connectivity index (χ0v) is 12.7. The quantitative estimate of drug-likeness (QED) is 0.860. The van der Waals surface area contributed by atoms with Crippen molar-refractivity contribution in [2.75, 3.05) is 5.32 Å². The molecule has 0 amide bonds. The van der Waals surface area contributed by atoms with Crippen LogP contribution in [0.5, 0.6) is 0 Å². The molecule has 1 aromatic heterocycles. The summed E-state index contributed by atoms with van der Waals surface area (Å²) >= 11 is 0. The summed E-state index contributed by atoms with van der Waals surface area (Å²) in [6.45, 7) is 12.8. The van der Waals surface area contributed by atoms with Crippen LogP contribution in [0.1, 0.15) is 35.0 Å². The second kappa shape index (κ2) is 5.52. The average Bonchev–Trinajstić information content (AvgIpc) is 2.65. The lowest BCUT2D eigenvalue weighted by molar-refractivity contribution is 0.715. The highest BCUT2D eigenvalue weighted by Gasteiger charge is 2.07. The van der Waals surface area contributed by atoms with Gasteiger partial charge in [0, 0.05) is 30.2 Å². The third-order valence-corrected chi connectivity index (χ3v) is 3.98. The molecule has 0 atom stereocenters. The second-order valence-corrected chi connectivity index (χ2v) is 5.29. The number of anilines is 1. The minimum Gasteiger partial charge on any atom is -0.381 e. The highest BCUT2D eigenvalue weighted by atomic mass is 15.0. The highest BCUT2D eigenvalue weighted by molar-refractivity contribution is 5.48. The number of rotatable bonds is 4. The van der Waals surface area contributed by atoms with Crippen molar-refractivity contribution in [2.45, 2.75) is 47.7 Å². The van der Waals surface area contributed by atoms with Crippen LogP contribution in [0.4, 0.5) is 5.69 Å². The largest absolute Gasteiger partial charge is 0.381 e. The van der Waals surface area contributed by atoms with Crippen LogP contribution in [0.15, 0.2) is 24.3 Å². The topological polar surface area (TPSA) is 17.0 Å². The van der Waals surface area contributed by atoms with Crippen LogP contribution in [-0.2, 0) is 13.1 Å². The highest BCUT2D eigenvalue weighted by Crippen LogP contribution is 2.18. The van der Waals surface area contributed by atoms with Gasteiger partial charge >= 0.3 is 0 Å². The van der Waals surface area contributed by atoms with E-state index in [1.807, 2.05) is 0 Å². The zero-order chi connectivity index (χ0) is 14.0. The van der Waals surface area contributed by atoms with Crippen LogP contribution in [0.3, 0.4) is 0 Å². The van der Waals surface area contributed by atoms with Crippen LogP contribution in [-0.4, -0.2) is 4.57 Å². The Hall–Kier alpha value is -1.70. The summed E-state index contributed by atoms with van der Waals surface area (Å²) in [6.07, 6.45) is 0. The normalized spacial score (nSPS) is 10.8. The third-order valence-electron chi connectivity index (χ3n) is 3.98. The van der Waals surface area contributed by atoms with Gasteiger partial charge in [-0.3, -0.25) is 0 Å². The number of aromatic nitrogens is 1. The summed E-state index contributed by atoms with van der Waals surface area (Å²) in [7, 11) is 0. The Morgan fingerprint density at radius 1 is 1.00 bits per heavy atom. The van der Waals surface area contributed by atoms with Gasteiger partial charge in [0.15, 0.2) is 0 Å². The zero-order valence-electron chi connectivity index (χ0n) is 12.7. The Morgan fingerprint density at radius 2 is 1.74 bits per heavy atom. The molecule has 0 aliphatic rings. The number of aryl methyl sites for hydroxylation is 3. The first-order valence-corrected chi connectivity index (χ1v) is 6.99. The first kappa shape index (κ1) is 13.7. The predicted molar refractivity (Wildman–Crippen MR) is 82.8 cm³/mol. The molecule has 19 heavy (non-hydrogen) atoms. The SMILES string of the molecule is CCn1c(C)cc(CNc2ccc(C)c(C)c2)c1C. The first-order valence-electron chi connectivity index (χ1n) is 6.99. The summed E-state index contributed by atoms with van der Waals surface area (Å²) in [5.74, 6) is 0. The molecular formula is C17H24N2. The molecule has 2 heteroatoms. The monoisotopic (exact) mass is 256 g/mol. The van der Waals surface area contributed by atoms with Gasteiger partial charge in [-0.2, -0.15) is 0 Å². The first-order chi connectivity index (χ1) is 9.02. The van der Waals surface area contributed by atoms with Gasteiger partial charge in [-0.05, 0) is 69.5 Å². The molecule has 0 bridgehead atoms. The van der Waals surface area contributed by atoms with E-state index in [0.717, 1.165) is 13.1 Å². The van der Waals surface area contributed by atoms with Crippen molar-refractivity contribution < 1.29 is 0 Å². The minimum atomic E-state index is 0.891. The standard InChI is InChI=1S/C17H24N2/c1-6-19-14(4)10-16(15(19)5)11-18-17-8-7-12(2)13(3)9-17/h7-10,18H,6,11H2,1-5H3. The molecule has 0 aliphatic carbocycles. The van der Waals surface area contributed by atoms with E-state index in [9.17, 15) is 0 Å². The average molecular weight is 256 g/mol. The molecule has 2 aromatic rings. The molecule has 0 saturated heterocycles. The summed E-state index contributed by atoms with van der Waals surface area (Å²) in [4.78, 5) is 0. The summed E-state index contributed by atoms with van der Waals surface area (Å²) < 4.78 is 2.36. The van der Waals surface area contributed by atoms with E-state index < -0.39 is 0 Å². The summed E-state index contributed by atoms with van der Waals surface area (Å²) in [5, 5.41) is 3.52. The Morgan fingerprint density at radius 3 is 2.32 bits per heavy atom. The number of benzene rings is 1. The molecule has 1 aromatic carbocycles. The van der Waals surface area contributed by atoms with Crippen LogP contribution < -0.4 is 5.32 Å².